The zero-order valence-electron chi connectivity index (χ0n) is 9.86. The van der Waals surface area contributed by atoms with E-state index in [0.717, 1.165) is 16.2 Å². The van der Waals surface area contributed by atoms with Crippen LogP contribution in [-0.4, -0.2) is 4.98 Å². The number of rotatable bonds is 3. The molecule has 0 aliphatic rings. The Kier molecular flexibility index (Phi) is 3.48. The summed E-state index contributed by atoms with van der Waals surface area (Å²) in [6.45, 7) is 0.629. The standard InChI is InChI=1S/C14H10BrFN2S/c15-10-7-9(16)5-6-11(10)17-8-14-18-12-3-1-2-4-13(12)19-14/h1-7,17H,8H2. The third-order valence-electron chi connectivity index (χ3n) is 2.70. The molecule has 0 aliphatic carbocycles. The predicted molar refractivity (Wildman–Crippen MR) is 81.0 cm³/mol. The van der Waals surface area contributed by atoms with Gasteiger partial charge in [-0.25, -0.2) is 9.37 Å². The minimum Gasteiger partial charge on any atom is -0.378 e. The summed E-state index contributed by atoms with van der Waals surface area (Å²) in [4.78, 5) is 4.54. The largest absolute Gasteiger partial charge is 0.378 e. The lowest BCUT2D eigenvalue weighted by atomic mass is 10.3. The van der Waals surface area contributed by atoms with Crippen LogP contribution in [-0.2, 0) is 6.54 Å². The predicted octanol–water partition coefficient (Wildman–Crippen LogP) is 4.81. The van der Waals surface area contributed by atoms with Crippen molar-refractivity contribution in [2.45, 2.75) is 6.54 Å². The van der Waals surface area contributed by atoms with E-state index in [0.29, 0.717) is 11.0 Å². The molecule has 0 bridgehead atoms. The van der Waals surface area contributed by atoms with Crippen molar-refractivity contribution in [3.8, 4) is 0 Å². The number of para-hydroxylation sites is 1. The summed E-state index contributed by atoms with van der Waals surface area (Å²) in [7, 11) is 0. The molecule has 0 spiro atoms. The number of hydrogen-bond acceptors (Lipinski definition) is 3. The van der Waals surface area contributed by atoms with Crippen molar-refractivity contribution in [3.63, 3.8) is 0 Å². The third-order valence-corrected chi connectivity index (χ3v) is 4.39. The molecule has 5 heteroatoms. The van der Waals surface area contributed by atoms with E-state index >= 15 is 0 Å². The van der Waals surface area contributed by atoms with E-state index in [1.165, 1.54) is 16.8 Å². The minimum atomic E-state index is -0.252. The van der Waals surface area contributed by atoms with E-state index in [1.54, 1.807) is 17.4 Å². The smallest absolute Gasteiger partial charge is 0.124 e. The van der Waals surface area contributed by atoms with Crippen LogP contribution in [0.25, 0.3) is 10.2 Å². The van der Waals surface area contributed by atoms with E-state index < -0.39 is 0 Å². The van der Waals surface area contributed by atoms with Crippen molar-refractivity contribution < 1.29 is 4.39 Å². The second kappa shape index (κ2) is 5.27. The first kappa shape index (κ1) is 12.6. The second-order valence-corrected chi connectivity index (χ2v) is 6.02. The summed E-state index contributed by atoms with van der Waals surface area (Å²) in [5, 5.41) is 4.26. The van der Waals surface area contributed by atoms with Crippen LogP contribution in [0.2, 0.25) is 0 Å². The molecule has 96 valence electrons. The molecule has 3 aromatic rings. The van der Waals surface area contributed by atoms with Gasteiger partial charge in [-0.15, -0.1) is 11.3 Å². The number of benzene rings is 2. The Morgan fingerprint density at radius 3 is 2.84 bits per heavy atom. The van der Waals surface area contributed by atoms with Crippen molar-refractivity contribution in [1.29, 1.82) is 0 Å². The first-order valence-electron chi connectivity index (χ1n) is 5.76. The SMILES string of the molecule is Fc1ccc(NCc2nc3ccccc3s2)c(Br)c1. The van der Waals surface area contributed by atoms with Crippen LogP contribution in [0.1, 0.15) is 5.01 Å². The molecular formula is C14H10BrFN2S. The van der Waals surface area contributed by atoms with E-state index in [9.17, 15) is 4.39 Å². The summed E-state index contributed by atoms with van der Waals surface area (Å²) in [5.41, 5.74) is 1.88. The van der Waals surface area contributed by atoms with Crippen molar-refractivity contribution in [3.05, 3.63) is 57.8 Å². The number of nitrogens with zero attached hydrogens (tertiary/aromatic N) is 1. The Bertz CT molecular complexity index is 693. The van der Waals surface area contributed by atoms with Crippen molar-refractivity contribution >= 4 is 43.2 Å². The molecule has 0 saturated heterocycles. The molecule has 3 rings (SSSR count). The number of hydrogen-bond donors (Lipinski definition) is 1. The Labute approximate surface area is 122 Å². The Hall–Kier alpha value is -1.46. The molecule has 2 aromatic carbocycles. The fourth-order valence-corrected chi connectivity index (χ4v) is 3.20. The maximum absolute atomic E-state index is 13.0. The lowest BCUT2D eigenvalue weighted by molar-refractivity contribution is 0.627. The molecule has 0 saturated carbocycles. The molecule has 1 heterocycles. The van der Waals surface area contributed by atoms with Crippen LogP contribution in [0.4, 0.5) is 10.1 Å². The van der Waals surface area contributed by atoms with Crippen LogP contribution in [0.3, 0.4) is 0 Å². The van der Waals surface area contributed by atoms with E-state index in [1.807, 2.05) is 18.2 Å². The van der Waals surface area contributed by atoms with Gasteiger partial charge in [0, 0.05) is 10.2 Å². The highest BCUT2D eigenvalue weighted by atomic mass is 79.9. The first-order chi connectivity index (χ1) is 9.22. The molecule has 0 fully saturated rings. The Morgan fingerprint density at radius 1 is 1.21 bits per heavy atom. The van der Waals surface area contributed by atoms with Crippen LogP contribution < -0.4 is 5.32 Å². The summed E-state index contributed by atoms with van der Waals surface area (Å²) in [6, 6.07) is 12.6. The summed E-state index contributed by atoms with van der Waals surface area (Å²) >= 11 is 5.00. The molecule has 0 amide bonds. The van der Waals surface area contributed by atoms with Gasteiger partial charge < -0.3 is 5.32 Å². The zero-order valence-corrected chi connectivity index (χ0v) is 12.3. The average molecular weight is 337 g/mol. The van der Waals surface area contributed by atoms with Crippen molar-refractivity contribution in [2.24, 2.45) is 0 Å². The fourth-order valence-electron chi connectivity index (χ4n) is 1.80. The summed E-state index contributed by atoms with van der Waals surface area (Å²) < 4.78 is 14.9. The average Bonchev–Trinajstić information content (AvgIpc) is 2.80. The van der Waals surface area contributed by atoms with Gasteiger partial charge in [0.15, 0.2) is 0 Å². The first-order valence-corrected chi connectivity index (χ1v) is 7.37. The van der Waals surface area contributed by atoms with Crippen molar-refractivity contribution in [2.75, 3.05) is 5.32 Å². The van der Waals surface area contributed by atoms with Crippen molar-refractivity contribution in [1.82, 2.24) is 4.98 Å². The minimum absolute atomic E-state index is 0.252. The molecule has 0 radical (unpaired) electrons. The number of halogens is 2. The fraction of sp³-hybridized carbons (Fsp3) is 0.0714. The molecule has 19 heavy (non-hydrogen) atoms. The Morgan fingerprint density at radius 2 is 2.05 bits per heavy atom. The van der Waals surface area contributed by atoms with Gasteiger partial charge in [0.05, 0.1) is 16.8 Å². The monoisotopic (exact) mass is 336 g/mol. The van der Waals surface area contributed by atoms with Gasteiger partial charge in [0.1, 0.15) is 10.8 Å². The normalized spacial score (nSPS) is 10.8. The highest BCUT2D eigenvalue weighted by Gasteiger charge is 2.05. The van der Waals surface area contributed by atoms with Gasteiger partial charge in [0.2, 0.25) is 0 Å². The van der Waals surface area contributed by atoms with Gasteiger partial charge >= 0.3 is 0 Å². The molecule has 1 aromatic heterocycles. The summed E-state index contributed by atoms with van der Waals surface area (Å²) in [5.74, 6) is -0.252. The Balaban J connectivity index is 1.78. The molecule has 0 unspecified atom stereocenters. The number of aromatic nitrogens is 1. The molecular weight excluding hydrogens is 327 g/mol. The van der Waals surface area contributed by atoms with Crippen LogP contribution in [0.15, 0.2) is 46.9 Å². The number of thiazole rings is 1. The van der Waals surface area contributed by atoms with E-state index in [4.69, 9.17) is 0 Å². The van der Waals surface area contributed by atoms with E-state index in [-0.39, 0.29) is 5.82 Å². The van der Waals surface area contributed by atoms with Gasteiger partial charge in [-0.05, 0) is 46.3 Å². The molecule has 0 atom stereocenters. The molecule has 1 N–H and O–H groups in total. The highest BCUT2D eigenvalue weighted by Crippen LogP contribution is 2.26. The quantitative estimate of drug-likeness (QED) is 0.742. The number of anilines is 1. The lowest BCUT2D eigenvalue weighted by Crippen LogP contribution is -1.99. The molecule has 2 nitrogen and oxygen atoms in total. The topological polar surface area (TPSA) is 24.9 Å². The van der Waals surface area contributed by atoms with Gasteiger partial charge in [0.25, 0.3) is 0 Å². The highest BCUT2D eigenvalue weighted by molar-refractivity contribution is 9.10. The van der Waals surface area contributed by atoms with E-state index in [2.05, 4.69) is 32.3 Å². The van der Waals surface area contributed by atoms with Gasteiger partial charge in [-0.2, -0.15) is 0 Å². The maximum atomic E-state index is 13.0. The van der Waals surface area contributed by atoms with Gasteiger partial charge in [-0.3, -0.25) is 0 Å². The molecule has 0 aliphatic heterocycles. The van der Waals surface area contributed by atoms with Crippen LogP contribution in [0, 0.1) is 5.82 Å². The van der Waals surface area contributed by atoms with Crippen LogP contribution in [0.5, 0.6) is 0 Å². The maximum Gasteiger partial charge on any atom is 0.124 e. The number of nitrogens with one attached hydrogen (secondary N) is 1. The zero-order chi connectivity index (χ0) is 13.2. The van der Waals surface area contributed by atoms with Gasteiger partial charge in [-0.1, -0.05) is 12.1 Å². The lowest BCUT2D eigenvalue weighted by Gasteiger charge is -2.06. The van der Waals surface area contributed by atoms with Crippen LogP contribution >= 0.6 is 27.3 Å². The summed E-state index contributed by atoms with van der Waals surface area (Å²) in [6.07, 6.45) is 0. The second-order valence-electron chi connectivity index (χ2n) is 4.05. The number of fused-ring (bicyclic) bond motifs is 1. The third kappa shape index (κ3) is 2.77.